The zero-order valence-corrected chi connectivity index (χ0v) is 8.09. The molecule has 0 heterocycles. The van der Waals surface area contributed by atoms with Crippen molar-refractivity contribution in [2.45, 2.75) is 38.4 Å². The summed E-state index contributed by atoms with van der Waals surface area (Å²) >= 11 is 0. The second kappa shape index (κ2) is 7.73. The second-order valence-electron chi connectivity index (χ2n) is 3.39. The molecule has 0 radical (unpaired) electrons. The predicted molar refractivity (Wildman–Crippen MR) is 49.5 cm³/mol. The van der Waals surface area contributed by atoms with Gasteiger partial charge >= 0.3 is 5.97 Å². The van der Waals surface area contributed by atoms with Gasteiger partial charge in [-0.05, 0) is 31.6 Å². The molecule has 0 aromatic rings. The number of carbonyl (C=O) groups is 1. The highest BCUT2D eigenvalue weighted by molar-refractivity contribution is 5.66. The van der Waals surface area contributed by atoms with Crippen molar-refractivity contribution in [3.63, 3.8) is 0 Å². The number of carboxylic acid groups (broad SMARTS) is 1. The normalized spacial score (nSPS) is 13.1. The number of aliphatic carboxylic acids is 1. The predicted octanol–water partition coefficient (Wildman–Crippen LogP) is -0.0593. The fraction of sp³-hybridized carbons (Fsp3) is 0.889. The fourth-order valence-electron chi connectivity index (χ4n) is 1.25. The van der Waals surface area contributed by atoms with Crippen molar-refractivity contribution >= 4 is 5.97 Å². The monoisotopic (exact) mass is 206 g/mol. The molecule has 5 heteroatoms. The van der Waals surface area contributed by atoms with Gasteiger partial charge in [0.1, 0.15) is 0 Å². The van der Waals surface area contributed by atoms with Crippen LogP contribution in [0.1, 0.15) is 32.1 Å². The number of carboxylic acids is 1. The molecule has 0 fully saturated rings. The van der Waals surface area contributed by atoms with Crippen LogP contribution in [0.5, 0.6) is 0 Å². The van der Waals surface area contributed by atoms with Crippen molar-refractivity contribution in [1.29, 1.82) is 0 Å². The van der Waals surface area contributed by atoms with E-state index in [4.69, 9.17) is 20.4 Å². The highest BCUT2D eigenvalue weighted by atomic mass is 16.5. The van der Waals surface area contributed by atoms with Crippen molar-refractivity contribution in [1.82, 2.24) is 0 Å². The number of aliphatic hydroxyl groups is 3. The fourth-order valence-corrected chi connectivity index (χ4v) is 1.25. The van der Waals surface area contributed by atoms with Crippen molar-refractivity contribution in [2.24, 2.45) is 5.92 Å². The van der Waals surface area contributed by atoms with Crippen LogP contribution in [-0.2, 0) is 4.79 Å². The van der Waals surface area contributed by atoms with Gasteiger partial charge in [-0.1, -0.05) is 0 Å². The Labute approximate surface area is 83.0 Å². The van der Waals surface area contributed by atoms with Crippen molar-refractivity contribution < 1.29 is 25.2 Å². The zero-order chi connectivity index (χ0) is 11.0. The number of rotatable bonds is 8. The van der Waals surface area contributed by atoms with E-state index in [1.807, 2.05) is 0 Å². The van der Waals surface area contributed by atoms with Gasteiger partial charge in [0.05, 0.1) is 0 Å². The van der Waals surface area contributed by atoms with Crippen LogP contribution in [0.15, 0.2) is 0 Å². The van der Waals surface area contributed by atoms with Crippen LogP contribution in [-0.4, -0.2) is 39.3 Å². The van der Waals surface area contributed by atoms with Crippen LogP contribution >= 0.6 is 0 Å². The van der Waals surface area contributed by atoms with Gasteiger partial charge in [0.2, 0.25) is 0 Å². The van der Waals surface area contributed by atoms with Crippen LogP contribution < -0.4 is 0 Å². The van der Waals surface area contributed by atoms with Crippen LogP contribution in [0.4, 0.5) is 0 Å². The maximum atomic E-state index is 10.2. The van der Waals surface area contributed by atoms with Crippen molar-refractivity contribution in [3.05, 3.63) is 0 Å². The van der Waals surface area contributed by atoms with Crippen molar-refractivity contribution in [3.8, 4) is 0 Å². The maximum absolute atomic E-state index is 10.2. The zero-order valence-electron chi connectivity index (χ0n) is 8.09. The molecular formula is C9H18O5. The Balaban J connectivity index is 3.52. The molecule has 0 spiro atoms. The molecule has 0 aliphatic rings. The summed E-state index contributed by atoms with van der Waals surface area (Å²) in [6, 6.07) is 0. The lowest BCUT2D eigenvalue weighted by Gasteiger charge is -2.13. The average Bonchev–Trinajstić information content (AvgIpc) is 2.10. The summed E-state index contributed by atoms with van der Waals surface area (Å²) in [6.45, 7) is -0.0354. The summed E-state index contributed by atoms with van der Waals surface area (Å²) in [7, 11) is 0. The van der Waals surface area contributed by atoms with Gasteiger partial charge < -0.3 is 20.4 Å². The molecule has 1 atom stereocenters. The van der Waals surface area contributed by atoms with Gasteiger partial charge in [0.15, 0.2) is 6.29 Å². The van der Waals surface area contributed by atoms with Crippen LogP contribution in [0.25, 0.3) is 0 Å². The van der Waals surface area contributed by atoms with Gasteiger partial charge in [0, 0.05) is 13.0 Å². The highest BCUT2D eigenvalue weighted by Crippen LogP contribution is 2.15. The molecule has 0 aromatic heterocycles. The smallest absolute Gasteiger partial charge is 0.303 e. The quantitative estimate of drug-likeness (QED) is 0.417. The SMILES string of the molecule is O=C(O)CCCC(CO)CCC(O)O. The van der Waals surface area contributed by atoms with Gasteiger partial charge in [-0.25, -0.2) is 0 Å². The Morgan fingerprint density at radius 3 is 2.21 bits per heavy atom. The Hall–Kier alpha value is -0.650. The van der Waals surface area contributed by atoms with Crippen LogP contribution in [0.3, 0.4) is 0 Å². The van der Waals surface area contributed by atoms with Gasteiger partial charge in [-0.15, -0.1) is 0 Å². The lowest BCUT2D eigenvalue weighted by atomic mass is 9.97. The molecule has 14 heavy (non-hydrogen) atoms. The van der Waals surface area contributed by atoms with Gasteiger partial charge in [-0.3, -0.25) is 4.79 Å². The molecule has 0 aliphatic carbocycles. The molecule has 0 saturated heterocycles. The van der Waals surface area contributed by atoms with Crippen LogP contribution in [0.2, 0.25) is 0 Å². The first-order chi connectivity index (χ1) is 6.56. The Morgan fingerprint density at radius 2 is 1.79 bits per heavy atom. The summed E-state index contributed by atoms with van der Waals surface area (Å²) in [5.41, 5.74) is 0. The largest absolute Gasteiger partial charge is 0.481 e. The van der Waals surface area contributed by atoms with Crippen LogP contribution in [0, 0.1) is 5.92 Å². The highest BCUT2D eigenvalue weighted by Gasteiger charge is 2.10. The van der Waals surface area contributed by atoms with Crippen molar-refractivity contribution in [2.75, 3.05) is 6.61 Å². The Kier molecular flexibility index (Phi) is 7.37. The summed E-state index contributed by atoms with van der Waals surface area (Å²) < 4.78 is 0. The third-order valence-electron chi connectivity index (χ3n) is 2.09. The molecule has 0 saturated carbocycles. The van der Waals surface area contributed by atoms with E-state index >= 15 is 0 Å². The molecule has 4 N–H and O–H groups in total. The first-order valence-corrected chi connectivity index (χ1v) is 4.75. The minimum absolute atomic E-state index is 0.0313. The van der Waals surface area contributed by atoms with Gasteiger partial charge in [-0.2, -0.15) is 0 Å². The van der Waals surface area contributed by atoms with E-state index in [-0.39, 0.29) is 25.4 Å². The first kappa shape index (κ1) is 13.4. The molecule has 0 aromatic carbocycles. The van der Waals surface area contributed by atoms with Gasteiger partial charge in [0.25, 0.3) is 0 Å². The van der Waals surface area contributed by atoms with E-state index in [9.17, 15) is 4.79 Å². The van der Waals surface area contributed by atoms with E-state index in [0.29, 0.717) is 19.3 Å². The molecule has 0 amide bonds. The third-order valence-corrected chi connectivity index (χ3v) is 2.09. The summed E-state index contributed by atoms with van der Waals surface area (Å²) in [6.07, 6.45) is 0.602. The topological polar surface area (TPSA) is 98.0 Å². The summed E-state index contributed by atoms with van der Waals surface area (Å²) in [5.74, 6) is -0.875. The molecule has 84 valence electrons. The summed E-state index contributed by atoms with van der Waals surface area (Å²) in [4.78, 5) is 10.2. The van der Waals surface area contributed by atoms with E-state index in [1.54, 1.807) is 0 Å². The second-order valence-corrected chi connectivity index (χ2v) is 3.39. The molecule has 0 bridgehead atoms. The minimum atomic E-state index is -1.34. The first-order valence-electron chi connectivity index (χ1n) is 4.75. The Morgan fingerprint density at radius 1 is 1.14 bits per heavy atom. The van der Waals surface area contributed by atoms with E-state index < -0.39 is 12.3 Å². The molecule has 0 aliphatic heterocycles. The van der Waals surface area contributed by atoms with E-state index in [1.165, 1.54) is 0 Å². The van der Waals surface area contributed by atoms with E-state index in [0.717, 1.165) is 0 Å². The number of aliphatic hydroxyl groups excluding tert-OH is 2. The molecule has 1 unspecified atom stereocenters. The number of hydrogen-bond acceptors (Lipinski definition) is 4. The Bertz CT molecular complexity index is 157. The lowest BCUT2D eigenvalue weighted by Crippen LogP contribution is -2.12. The molecular weight excluding hydrogens is 188 g/mol. The standard InChI is InChI=1S/C9H18O5/c10-6-7(4-5-9(13)14)2-1-3-8(11)12/h7,9-10,13-14H,1-6H2,(H,11,12). The maximum Gasteiger partial charge on any atom is 0.303 e. The number of hydrogen-bond donors (Lipinski definition) is 4. The summed E-state index contributed by atoms with van der Waals surface area (Å²) in [5, 5.41) is 34.4. The van der Waals surface area contributed by atoms with E-state index in [2.05, 4.69) is 0 Å². The lowest BCUT2D eigenvalue weighted by molar-refractivity contribution is -0.137. The third kappa shape index (κ3) is 7.97. The molecule has 5 nitrogen and oxygen atoms in total. The average molecular weight is 206 g/mol. The molecule has 0 rings (SSSR count). The minimum Gasteiger partial charge on any atom is -0.481 e.